The minimum atomic E-state index is -0.505. The van der Waals surface area contributed by atoms with Crippen LogP contribution in [-0.4, -0.2) is 25.7 Å². The second-order valence-corrected chi connectivity index (χ2v) is 5.46. The zero-order valence-corrected chi connectivity index (χ0v) is 14.3. The van der Waals surface area contributed by atoms with E-state index in [2.05, 4.69) is 5.32 Å². The summed E-state index contributed by atoms with van der Waals surface area (Å²) in [4.78, 5) is 12.5. The molecule has 0 fully saturated rings. The van der Waals surface area contributed by atoms with Crippen LogP contribution >= 0.6 is 0 Å². The van der Waals surface area contributed by atoms with Gasteiger partial charge in [-0.3, -0.25) is 4.79 Å². The summed E-state index contributed by atoms with van der Waals surface area (Å²) < 4.78 is 16.5. The van der Waals surface area contributed by atoms with Crippen LogP contribution in [0.4, 0.5) is 5.69 Å². The molecule has 6 heteroatoms. The van der Waals surface area contributed by atoms with Gasteiger partial charge in [-0.2, -0.15) is 5.26 Å². The Kier molecular flexibility index (Phi) is 5.40. The normalized spacial score (nSPS) is 12.8. The van der Waals surface area contributed by atoms with Gasteiger partial charge < -0.3 is 19.5 Å². The van der Waals surface area contributed by atoms with Gasteiger partial charge in [-0.25, -0.2) is 0 Å². The van der Waals surface area contributed by atoms with E-state index in [1.165, 1.54) is 6.08 Å². The Morgan fingerprint density at radius 3 is 2.77 bits per heavy atom. The minimum Gasteiger partial charge on any atom is -0.492 e. The van der Waals surface area contributed by atoms with E-state index in [9.17, 15) is 10.1 Å². The second-order valence-electron chi connectivity index (χ2n) is 5.46. The monoisotopic (exact) mass is 350 g/mol. The molecule has 3 rings (SSSR count). The number of nitrogens with zero attached hydrogens (tertiary/aromatic N) is 1. The van der Waals surface area contributed by atoms with Crippen molar-refractivity contribution in [1.82, 2.24) is 0 Å². The fourth-order valence-corrected chi connectivity index (χ4v) is 2.51. The summed E-state index contributed by atoms with van der Waals surface area (Å²) in [6.45, 7) is 3.32. The highest BCUT2D eigenvalue weighted by Gasteiger charge is 2.14. The fourth-order valence-electron chi connectivity index (χ4n) is 2.51. The number of nitriles is 1. The first kappa shape index (κ1) is 17.4. The van der Waals surface area contributed by atoms with Gasteiger partial charge in [-0.1, -0.05) is 18.2 Å². The third-order valence-electron chi connectivity index (χ3n) is 3.68. The maximum atomic E-state index is 12.5. The maximum absolute atomic E-state index is 12.5. The van der Waals surface area contributed by atoms with E-state index in [0.717, 1.165) is 0 Å². The van der Waals surface area contributed by atoms with Crippen molar-refractivity contribution in [3.05, 3.63) is 53.6 Å². The molecule has 0 spiro atoms. The predicted molar refractivity (Wildman–Crippen MR) is 97.3 cm³/mol. The van der Waals surface area contributed by atoms with E-state index < -0.39 is 5.91 Å². The molecule has 0 unspecified atom stereocenters. The number of anilines is 1. The zero-order valence-electron chi connectivity index (χ0n) is 14.3. The molecular formula is C20H18N2O4. The van der Waals surface area contributed by atoms with Crippen molar-refractivity contribution in [2.75, 3.05) is 25.1 Å². The smallest absolute Gasteiger partial charge is 0.266 e. The number of fused-ring (bicyclic) bond motifs is 1. The lowest BCUT2D eigenvalue weighted by molar-refractivity contribution is -0.112. The van der Waals surface area contributed by atoms with Gasteiger partial charge in [-0.15, -0.1) is 0 Å². The number of amides is 1. The molecule has 2 aromatic carbocycles. The largest absolute Gasteiger partial charge is 0.492 e. The molecule has 0 aliphatic carbocycles. The Balaban J connectivity index is 1.81. The molecule has 0 saturated carbocycles. The summed E-state index contributed by atoms with van der Waals surface area (Å²) in [6.07, 6.45) is 1.51. The summed E-state index contributed by atoms with van der Waals surface area (Å²) in [6, 6.07) is 14.3. The highest BCUT2D eigenvalue weighted by atomic mass is 16.6. The molecular weight excluding hydrogens is 332 g/mol. The molecule has 26 heavy (non-hydrogen) atoms. The van der Waals surface area contributed by atoms with Crippen molar-refractivity contribution < 1.29 is 19.0 Å². The van der Waals surface area contributed by atoms with Crippen LogP contribution in [0.5, 0.6) is 17.2 Å². The van der Waals surface area contributed by atoms with Crippen LogP contribution in [0.2, 0.25) is 0 Å². The van der Waals surface area contributed by atoms with Gasteiger partial charge in [0.2, 0.25) is 0 Å². The van der Waals surface area contributed by atoms with Crippen LogP contribution < -0.4 is 19.5 Å². The molecule has 132 valence electrons. The molecule has 1 amide bonds. The second kappa shape index (κ2) is 8.08. The van der Waals surface area contributed by atoms with E-state index in [-0.39, 0.29) is 5.57 Å². The van der Waals surface area contributed by atoms with Gasteiger partial charge in [-0.05, 0) is 42.8 Å². The first-order chi connectivity index (χ1) is 12.7. The van der Waals surface area contributed by atoms with Crippen molar-refractivity contribution in [2.24, 2.45) is 0 Å². The Bertz CT molecular complexity index is 884. The number of nitrogens with one attached hydrogen (secondary N) is 1. The summed E-state index contributed by atoms with van der Waals surface area (Å²) in [7, 11) is 0. The highest BCUT2D eigenvalue weighted by molar-refractivity contribution is 6.10. The molecule has 1 aliphatic rings. The number of para-hydroxylation sites is 2. The van der Waals surface area contributed by atoms with Gasteiger partial charge in [0.05, 0.1) is 12.3 Å². The molecule has 0 radical (unpaired) electrons. The molecule has 1 heterocycles. The van der Waals surface area contributed by atoms with Crippen LogP contribution in [0, 0.1) is 11.3 Å². The quantitative estimate of drug-likeness (QED) is 0.660. The fraction of sp³-hybridized carbons (Fsp3) is 0.200. The Morgan fingerprint density at radius 1 is 1.23 bits per heavy atom. The number of carbonyl (C=O) groups is 1. The number of hydrogen-bond acceptors (Lipinski definition) is 5. The molecule has 1 aliphatic heterocycles. The summed E-state index contributed by atoms with van der Waals surface area (Å²) in [5, 5.41) is 12.1. The first-order valence-corrected chi connectivity index (χ1v) is 8.26. The van der Waals surface area contributed by atoms with Crippen LogP contribution in [0.3, 0.4) is 0 Å². The summed E-state index contributed by atoms with van der Waals surface area (Å²) in [5.41, 5.74) is 1.18. The van der Waals surface area contributed by atoms with Gasteiger partial charge in [0, 0.05) is 0 Å². The third-order valence-corrected chi connectivity index (χ3v) is 3.68. The lowest BCUT2D eigenvalue weighted by atomic mass is 10.1. The van der Waals surface area contributed by atoms with Crippen LogP contribution in [0.25, 0.3) is 6.08 Å². The minimum absolute atomic E-state index is 0.0204. The number of hydrogen-bond donors (Lipinski definition) is 1. The van der Waals surface area contributed by atoms with Crippen LogP contribution in [0.15, 0.2) is 48.0 Å². The van der Waals surface area contributed by atoms with Crippen molar-refractivity contribution in [1.29, 1.82) is 5.26 Å². The molecule has 1 N–H and O–H groups in total. The molecule has 0 bridgehead atoms. The van der Waals surface area contributed by atoms with E-state index in [1.807, 2.05) is 19.1 Å². The van der Waals surface area contributed by atoms with Crippen molar-refractivity contribution in [3.63, 3.8) is 0 Å². The lowest BCUT2D eigenvalue weighted by Gasteiger charge is -2.18. The van der Waals surface area contributed by atoms with E-state index in [1.54, 1.807) is 36.4 Å². The standard InChI is InChI=1S/C20H18N2O4/c1-2-24-17-6-4-3-5-16(17)22-20(23)15(13-21)11-14-7-8-18-19(12-14)26-10-9-25-18/h3-8,11-12H,2,9-10H2,1H3,(H,22,23)/b15-11+. The van der Waals surface area contributed by atoms with E-state index in [4.69, 9.17) is 14.2 Å². The first-order valence-electron chi connectivity index (χ1n) is 8.26. The summed E-state index contributed by atoms with van der Waals surface area (Å²) >= 11 is 0. The maximum Gasteiger partial charge on any atom is 0.266 e. The SMILES string of the molecule is CCOc1ccccc1NC(=O)/C(C#N)=C/c1ccc2c(c1)OCCO2. The van der Waals surface area contributed by atoms with E-state index in [0.29, 0.717) is 48.3 Å². The molecule has 0 saturated heterocycles. The number of benzene rings is 2. The molecule has 0 aromatic heterocycles. The Morgan fingerprint density at radius 2 is 2.00 bits per heavy atom. The highest BCUT2D eigenvalue weighted by Crippen LogP contribution is 2.31. The molecule has 0 atom stereocenters. The predicted octanol–water partition coefficient (Wildman–Crippen LogP) is 3.40. The zero-order chi connectivity index (χ0) is 18.4. The van der Waals surface area contributed by atoms with Gasteiger partial charge in [0.25, 0.3) is 5.91 Å². The Hall–Kier alpha value is -3.46. The van der Waals surface area contributed by atoms with Gasteiger partial charge >= 0.3 is 0 Å². The van der Waals surface area contributed by atoms with Crippen molar-refractivity contribution in [3.8, 4) is 23.3 Å². The average Bonchev–Trinajstić information content (AvgIpc) is 2.67. The lowest BCUT2D eigenvalue weighted by Crippen LogP contribution is -2.15. The van der Waals surface area contributed by atoms with Gasteiger partial charge in [0.1, 0.15) is 30.6 Å². The third kappa shape index (κ3) is 3.95. The topological polar surface area (TPSA) is 80.6 Å². The van der Waals surface area contributed by atoms with Crippen molar-refractivity contribution >= 4 is 17.7 Å². The molecule has 6 nitrogen and oxygen atoms in total. The van der Waals surface area contributed by atoms with Gasteiger partial charge in [0.15, 0.2) is 11.5 Å². The number of ether oxygens (including phenoxy) is 3. The van der Waals surface area contributed by atoms with Crippen molar-refractivity contribution in [2.45, 2.75) is 6.92 Å². The van der Waals surface area contributed by atoms with Crippen LogP contribution in [0.1, 0.15) is 12.5 Å². The number of carbonyl (C=O) groups excluding carboxylic acids is 1. The number of rotatable bonds is 5. The van der Waals surface area contributed by atoms with E-state index >= 15 is 0 Å². The Labute approximate surface area is 151 Å². The molecule has 2 aromatic rings. The van der Waals surface area contributed by atoms with Crippen LogP contribution in [-0.2, 0) is 4.79 Å². The average molecular weight is 350 g/mol. The summed E-state index contributed by atoms with van der Waals surface area (Å²) in [5.74, 6) is 1.31.